The van der Waals surface area contributed by atoms with E-state index in [9.17, 15) is 9.90 Å². The van der Waals surface area contributed by atoms with Crippen molar-refractivity contribution >= 4 is 36.0 Å². The molecule has 4 N–H and O–H groups in total. The summed E-state index contributed by atoms with van der Waals surface area (Å²) in [6.45, 7) is 11.2. The van der Waals surface area contributed by atoms with Crippen LogP contribution < -0.4 is 16.0 Å². The van der Waals surface area contributed by atoms with E-state index in [0.717, 1.165) is 0 Å². The fourth-order valence-electron chi connectivity index (χ4n) is 2.17. The molecule has 1 atom stereocenters. The number of hydrogen-bond donors (Lipinski definition) is 4. The van der Waals surface area contributed by atoms with Crippen LogP contribution in [-0.2, 0) is 17.4 Å². The van der Waals surface area contributed by atoms with Crippen LogP contribution in [0.5, 0.6) is 0 Å². The van der Waals surface area contributed by atoms with Gasteiger partial charge in [-0.2, -0.15) is 5.10 Å². The van der Waals surface area contributed by atoms with Crippen molar-refractivity contribution < 1.29 is 14.6 Å². The van der Waals surface area contributed by atoms with Gasteiger partial charge in [0.2, 0.25) is 0 Å². The minimum absolute atomic E-state index is 0. The molecule has 0 saturated carbocycles. The molecule has 1 amide bonds. The molecule has 1 aromatic heterocycles. The molecule has 0 spiro atoms. The first-order chi connectivity index (χ1) is 12.5. The van der Waals surface area contributed by atoms with Gasteiger partial charge >= 0.3 is 6.09 Å². The molecule has 0 aliphatic heterocycles. The Balaban J connectivity index is 0.00000729. The SMILES string of the molecule is CCNC(=NCC(C)(O)c1cnn(C)c1)NCCCNC(=O)OC(C)(C)C.I. The zero-order valence-electron chi connectivity index (χ0n) is 17.7. The lowest BCUT2D eigenvalue weighted by atomic mass is 10.0. The van der Waals surface area contributed by atoms with E-state index in [1.807, 2.05) is 27.7 Å². The fourth-order valence-corrected chi connectivity index (χ4v) is 2.17. The predicted molar refractivity (Wildman–Crippen MR) is 121 cm³/mol. The monoisotopic (exact) mass is 510 g/mol. The van der Waals surface area contributed by atoms with Crippen LogP contribution in [0.2, 0.25) is 0 Å². The van der Waals surface area contributed by atoms with Gasteiger partial charge in [0.15, 0.2) is 5.96 Å². The molecule has 0 aromatic carbocycles. The van der Waals surface area contributed by atoms with Crippen molar-refractivity contribution in [3.05, 3.63) is 18.0 Å². The maximum atomic E-state index is 11.6. The predicted octanol–water partition coefficient (Wildman–Crippen LogP) is 1.72. The van der Waals surface area contributed by atoms with E-state index in [1.165, 1.54) is 0 Å². The van der Waals surface area contributed by atoms with Crippen molar-refractivity contribution in [1.82, 2.24) is 25.7 Å². The van der Waals surface area contributed by atoms with Gasteiger partial charge in [-0.05, 0) is 41.0 Å². The highest BCUT2D eigenvalue weighted by Crippen LogP contribution is 2.19. The van der Waals surface area contributed by atoms with Crippen LogP contribution in [0.1, 0.15) is 46.6 Å². The fraction of sp³-hybridized carbons (Fsp3) is 0.722. The summed E-state index contributed by atoms with van der Waals surface area (Å²) in [7, 11) is 1.81. The first-order valence-corrected chi connectivity index (χ1v) is 9.24. The number of amides is 1. The highest BCUT2D eigenvalue weighted by atomic mass is 127. The second-order valence-electron chi connectivity index (χ2n) is 7.58. The average Bonchev–Trinajstić information content (AvgIpc) is 2.98. The number of nitrogens with zero attached hydrogens (tertiary/aromatic N) is 3. The third-order valence-corrected chi connectivity index (χ3v) is 3.53. The number of aliphatic hydroxyl groups is 1. The highest BCUT2D eigenvalue weighted by molar-refractivity contribution is 14.0. The number of alkyl carbamates (subject to hydrolysis) is 1. The summed E-state index contributed by atoms with van der Waals surface area (Å²) < 4.78 is 6.83. The summed E-state index contributed by atoms with van der Waals surface area (Å²) in [4.78, 5) is 16.0. The third kappa shape index (κ3) is 10.7. The Kier molecular flexibility index (Phi) is 11.4. The number of ether oxygens (including phenoxy) is 1. The van der Waals surface area contributed by atoms with Crippen molar-refractivity contribution in [3.63, 3.8) is 0 Å². The molecule has 0 aliphatic rings. The molecule has 1 heterocycles. The number of nitrogens with one attached hydrogen (secondary N) is 3. The maximum Gasteiger partial charge on any atom is 0.407 e. The van der Waals surface area contributed by atoms with E-state index in [2.05, 4.69) is 26.0 Å². The number of aliphatic imine (C=N–C) groups is 1. The Bertz CT molecular complexity index is 625. The molecule has 9 nitrogen and oxygen atoms in total. The van der Waals surface area contributed by atoms with Crippen molar-refractivity contribution in [1.29, 1.82) is 0 Å². The Hall–Kier alpha value is -1.56. The molecule has 162 valence electrons. The summed E-state index contributed by atoms with van der Waals surface area (Å²) in [5, 5.41) is 23.7. The second-order valence-corrected chi connectivity index (χ2v) is 7.58. The lowest BCUT2D eigenvalue weighted by Crippen LogP contribution is -2.40. The smallest absolute Gasteiger partial charge is 0.407 e. The molecular formula is C18H35IN6O3. The van der Waals surface area contributed by atoms with Gasteiger partial charge in [-0.1, -0.05) is 0 Å². The molecule has 28 heavy (non-hydrogen) atoms. The molecule has 1 rings (SSSR count). The second kappa shape index (κ2) is 12.1. The van der Waals surface area contributed by atoms with Crippen LogP contribution in [0.4, 0.5) is 4.79 Å². The molecule has 1 aromatic rings. The average molecular weight is 510 g/mol. The summed E-state index contributed by atoms with van der Waals surface area (Å²) in [5.41, 5.74) is -0.890. The molecular weight excluding hydrogens is 475 g/mol. The van der Waals surface area contributed by atoms with Crippen LogP contribution in [0.25, 0.3) is 0 Å². The van der Waals surface area contributed by atoms with E-state index >= 15 is 0 Å². The number of carbonyl (C=O) groups is 1. The molecule has 0 saturated heterocycles. The van der Waals surface area contributed by atoms with Gasteiger partial charge in [0, 0.05) is 38.4 Å². The van der Waals surface area contributed by atoms with Gasteiger partial charge < -0.3 is 25.8 Å². The largest absolute Gasteiger partial charge is 0.444 e. The van der Waals surface area contributed by atoms with Crippen molar-refractivity contribution in [3.8, 4) is 0 Å². The maximum absolute atomic E-state index is 11.6. The van der Waals surface area contributed by atoms with Gasteiger partial charge in [0.25, 0.3) is 0 Å². The van der Waals surface area contributed by atoms with Crippen LogP contribution >= 0.6 is 24.0 Å². The number of rotatable bonds is 8. The van der Waals surface area contributed by atoms with E-state index in [-0.39, 0.29) is 30.5 Å². The quantitative estimate of drug-likeness (QED) is 0.183. The number of carbonyl (C=O) groups excluding carboxylic acids is 1. The first kappa shape index (κ1) is 26.4. The van der Waals surface area contributed by atoms with Crippen LogP contribution in [0.3, 0.4) is 0 Å². The zero-order chi connectivity index (χ0) is 20.5. The Morgan fingerprint density at radius 3 is 2.43 bits per heavy atom. The Morgan fingerprint density at radius 1 is 1.25 bits per heavy atom. The van der Waals surface area contributed by atoms with Crippen molar-refractivity contribution in [2.75, 3.05) is 26.2 Å². The summed E-state index contributed by atoms with van der Waals surface area (Å²) in [5.74, 6) is 0.610. The minimum Gasteiger partial charge on any atom is -0.444 e. The van der Waals surface area contributed by atoms with Crippen LogP contribution in [0, 0.1) is 0 Å². The lowest BCUT2D eigenvalue weighted by molar-refractivity contribution is 0.0527. The third-order valence-electron chi connectivity index (χ3n) is 3.53. The van der Waals surface area contributed by atoms with E-state index < -0.39 is 17.3 Å². The lowest BCUT2D eigenvalue weighted by Gasteiger charge is -2.21. The van der Waals surface area contributed by atoms with Crippen LogP contribution in [0.15, 0.2) is 17.4 Å². The van der Waals surface area contributed by atoms with Gasteiger partial charge in [0.05, 0.1) is 12.7 Å². The highest BCUT2D eigenvalue weighted by Gasteiger charge is 2.24. The summed E-state index contributed by atoms with van der Waals surface area (Å²) >= 11 is 0. The first-order valence-electron chi connectivity index (χ1n) is 9.24. The van der Waals surface area contributed by atoms with E-state index in [0.29, 0.717) is 37.6 Å². The molecule has 10 heteroatoms. The van der Waals surface area contributed by atoms with Gasteiger partial charge in [-0.15, -0.1) is 24.0 Å². The number of aryl methyl sites for hydroxylation is 1. The van der Waals surface area contributed by atoms with E-state index in [4.69, 9.17) is 4.74 Å². The minimum atomic E-state index is -1.10. The summed E-state index contributed by atoms with van der Waals surface area (Å²) in [6, 6.07) is 0. The number of guanidine groups is 1. The Morgan fingerprint density at radius 2 is 1.89 bits per heavy atom. The molecule has 0 fully saturated rings. The molecule has 0 radical (unpaired) electrons. The number of halogens is 1. The van der Waals surface area contributed by atoms with Crippen molar-refractivity contribution in [2.45, 2.75) is 52.2 Å². The number of aromatic nitrogens is 2. The van der Waals surface area contributed by atoms with Crippen LogP contribution in [-0.4, -0.2) is 58.7 Å². The zero-order valence-corrected chi connectivity index (χ0v) is 20.0. The topological polar surface area (TPSA) is 113 Å². The molecule has 0 aliphatic carbocycles. The van der Waals surface area contributed by atoms with E-state index in [1.54, 1.807) is 31.0 Å². The van der Waals surface area contributed by atoms with Gasteiger partial charge in [-0.25, -0.2) is 9.79 Å². The van der Waals surface area contributed by atoms with Crippen molar-refractivity contribution in [2.24, 2.45) is 12.0 Å². The molecule has 1 unspecified atom stereocenters. The molecule has 0 bridgehead atoms. The summed E-state index contributed by atoms with van der Waals surface area (Å²) in [6.07, 6.45) is 3.70. The van der Waals surface area contributed by atoms with Gasteiger partial charge in [-0.3, -0.25) is 4.68 Å². The Labute approximate surface area is 184 Å². The standard InChI is InChI=1S/C18H34N6O3.HI/c1-7-19-15(20-9-8-10-21-16(25)27-17(2,3)4)22-13-18(5,26)14-11-23-24(6)12-14;/h11-12,26H,7-10,13H2,1-6H3,(H,21,25)(H2,19,20,22);1H. The number of hydrogen-bond acceptors (Lipinski definition) is 5. The normalized spacial score (nSPS) is 13.9. The van der Waals surface area contributed by atoms with Gasteiger partial charge in [0.1, 0.15) is 11.2 Å².